The fraction of sp³-hybridized carbons (Fsp3) is 0.235. The minimum Gasteiger partial charge on any atom is -0.491 e. The number of fused-ring (bicyclic) bond motifs is 1. The molecule has 0 aliphatic carbocycles. The van der Waals surface area contributed by atoms with Crippen molar-refractivity contribution in [3.63, 3.8) is 0 Å². The lowest BCUT2D eigenvalue weighted by atomic mass is 10.0. The SMILES string of the molecule is Cc1cc2nccn2cc1-c1ccc(OC(C)C)cc1. The molecule has 2 aromatic heterocycles. The number of pyridine rings is 1. The van der Waals surface area contributed by atoms with E-state index in [9.17, 15) is 0 Å². The Morgan fingerprint density at radius 3 is 2.60 bits per heavy atom. The average molecular weight is 266 g/mol. The third kappa shape index (κ3) is 2.39. The Labute approximate surface area is 118 Å². The summed E-state index contributed by atoms with van der Waals surface area (Å²) in [7, 11) is 0. The van der Waals surface area contributed by atoms with E-state index in [4.69, 9.17) is 4.74 Å². The summed E-state index contributed by atoms with van der Waals surface area (Å²) < 4.78 is 7.72. The van der Waals surface area contributed by atoms with E-state index in [-0.39, 0.29) is 6.10 Å². The molecule has 0 saturated carbocycles. The molecule has 0 amide bonds. The van der Waals surface area contributed by atoms with E-state index in [1.807, 2.05) is 42.8 Å². The number of rotatable bonds is 3. The first-order valence-corrected chi connectivity index (χ1v) is 6.84. The molecule has 0 aliphatic heterocycles. The zero-order valence-corrected chi connectivity index (χ0v) is 12.0. The van der Waals surface area contributed by atoms with Crippen LogP contribution in [0.25, 0.3) is 16.8 Å². The van der Waals surface area contributed by atoms with Crippen LogP contribution in [0.5, 0.6) is 5.75 Å². The van der Waals surface area contributed by atoms with Gasteiger partial charge in [0.25, 0.3) is 0 Å². The van der Waals surface area contributed by atoms with Gasteiger partial charge in [-0.2, -0.15) is 0 Å². The van der Waals surface area contributed by atoms with Gasteiger partial charge in [0.05, 0.1) is 6.10 Å². The molecule has 3 heteroatoms. The Bertz CT molecular complexity index is 726. The van der Waals surface area contributed by atoms with Gasteiger partial charge in [0.2, 0.25) is 0 Å². The largest absolute Gasteiger partial charge is 0.491 e. The van der Waals surface area contributed by atoms with E-state index in [0.29, 0.717) is 0 Å². The topological polar surface area (TPSA) is 26.5 Å². The summed E-state index contributed by atoms with van der Waals surface area (Å²) in [6.45, 7) is 6.18. The molecule has 0 bridgehead atoms. The highest BCUT2D eigenvalue weighted by Crippen LogP contribution is 2.26. The van der Waals surface area contributed by atoms with Crippen LogP contribution in [0.2, 0.25) is 0 Å². The molecule has 3 aromatic rings. The molecule has 0 atom stereocenters. The Hall–Kier alpha value is -2.29. The average Bonchev–Trinajstić information content (AvgIpc) is 2.85. The van der Waals surface area contributed by atoms with Crippen molar-refractivity contribution in [3.05, 3.63) is 54.5 Å². The molecule has 0 spiro atoms. The zero-order valence-electron chi connectivity index (χ0n) is 12.0. The van der Waals surface area contributed by atoms with Gasteiger partial charge in [-0.25, -0.2) is 4.98 Å². The molecule has 20 heavy (non-hydrogen) atoms. The van der Waals surface area contributed by atoms with Crippen LogP contribution in [-0.4, -0.2) is 15.5 Å². The summed E-state index contributed by atoms with van der Waals surface area (Å²) in [4.78, 5) is 4.30. The lowest BCUT2D eigenvalue weighted by Crippen LogP contribution is -2.05. The predicted octanol–water partition coefficient (Wildman–Crippen LogP) is 4.10. The summed E-state index contributed by atoms with van der Waals surface area (Å²) >= 11 is 0. The minimum absolute atomic E-state index is 0.199. The number of hydrogen-bond donors (Lipinski definition) is 0. The van der Waals surface area contributed by atoms with Crippen LogP contribution in [0, 0.1) is 6.92 Å². The van der Waals surface area contributed by atoms with Crippen molar-refractivity contribution in [2.24, 2.45) is 0 Å². The molecule has 0 fully saturated rings. The molecule has 3 nitrogen and oxygen atoms in total. The monoisotopic (exact) mass is 266 g/mol. The number of aryl methyl sites for hydroxylation is 1. The molecule has 2 heterocycles. The Morgan fingerprint density at radius 2 is 1.90 bits per heavy atom. The maximum absolute atomic E-state index is 5.68. The van der Waals surface area contributed by atoms with Crippen molar-refractivity contribution in [1.82, 2.24) is 9.38 Å². The molecule has 3 rings (SSSR count). The lowest BCUT2D eigenvalue weighted by Gasteiger charge is -2.11. The predicted molar refractivity (Wildman–Crippen MR) is 81.1 cm³/mol. The van der Waals surface area contributed by atoms with Crippen LogP contribution >= 0.6 is 0 Å². The fourth-order valence-corrected chi connectivity index (χ4v) is 2.35. The van der Waals surface area contributed by atoms with Crippen molar-refractivity contribution >= 4 is 5.65 Å². The fourth-order valence-electron chi connectivity index (χ4n) is 2.35. The first kappa shape index (κ1) is 12.7. The zero-order chi connectivity index (χ0) is 14.1. The second kappa shape index (κ2) is 5.00. The molecule has 102 valence electrons. The van der Waals surface area contributed by atoms with Crippen molar-refractivity contribution in [2.75, 3.05) is 0 Å². The number of benzene rings is 1. The van der Waals surface area contributed by atoms with Gasteiger partial charge in [-0.3, -0.25) is 0 Å². The Balaban J connectivity index is 1.99. The quantitative estimate of drug-likeness (QED) is 0.713. The maximum atomic E-state index is 5.68. The van der Waals surface area contributed by atoms with Crippen LogP contribution in [0.4, 0.5) is 0 Å². The number of imidazole rings is 1. The highest BCUT2D eigenvalue weighted by atomic mass is 16.5. The van der Waals surface area contributed by atoms with Gasteiger partial charge < -0.3 is 9.14 Å². The molecular formula is C17H18N2O. The van der Waals surface area contributed by atoms with Crippen LogP contribution in [0.15, 0.2) is 48.9 Å². The summed E-state index contributed by atoms with van der Waals surface area (Å²) in [6.07, 6.45) is 6.10. The molecular weight excluding hydrogens is 248 g/mol. The summed E-state index contributed by atoms with van der Waals surface area (Å²) in [6, 6.07) is 10.3. The maximum Gasteiger partial charge on any atom is 0.136 e. The number of aromatic nitrogens is 2. The van der Waals surface area contributed by atoms with E-state index in [1.54, 1.807) is 0 Å². The first-order chi connectivity index (χ1) is 9.63. The van der Waals surface area contributed by atoms with Crippen LogP contribution in [0.1, 0.15) is 19.4 Å². The minimum atomic E-state index is 0.199. The van der Waals surface area contributed by atoms with Crippen LogP contribution in [0.3, 0.4) is 0 Å². The van der Waals surface area contributed by atoms with E-state index < -0.39 is 0 Å². The third-order valence-corrected chi connectivity index (χ3v) is 3.27. The molecule has 0 unspecified atom stereocenters. The molecule has 0 N–H and O–H groups in total. The van der Waals surface area contributed by atoms with Crippen LogP contribution < -0.4 is 4.74 Å². The Morgan fingerprint density at radius 1 is 1.15 bits per heavy atom. The summed E-state index contributed by atoms with van der Waals surface area (Å²) in [5.74, 6) is 0.908. The molecule has 0 saturated heterocycles. The molecule has 0 aliphatic rings. The van der Waals surface area contributed by atoms with Gasteiger partial charge in [0, 0.05) is 24.2 Å². The second-order valence-corrected chi connectivity index (χ2v) is 5.25. The van der Waals surface area contributed by atoms with Crippen molar-refractivity contribution in [2.45, 2.75) is 26.9 Å². The van der Waals surface area contributed by atoms with E-state index in [2.05, 4.69) is 36.3 Å². The third-order valence-electron chi connectivity index (χ3n) is 3.27. The number of nitrogens with zero attached hydrogens (tertiary/aromatic N) is 2. The normalized spacial score (nSPS) is 11.2. The summed E-state index contributed by atoms with van der Waals surface area (Å²) in [5.41, 5.74) is 4.60. The van der Waals surface area contributed by atoms with Gasteiger partial charge in [-0.05, 0) is 50.1 Å². The first-order valence-electron chi connectivity index (χ1n) is 6.84. The van der Waals surface area contributed by atoms with Crippen LogP contribution in [-0.2, 0) is 0 Å². The van der Waals surface area contributed by atoms with E-state index in [1.165, 1.54) is 16.7 Å². The van der Waals surface area contributed by atoms with Gasteiger partial charge in [0.15, 0.2) is 0 Å². The molecule has 1 aromatic carbocycles. The Kier molecular flexibility index (Phi) is 3.18. The number of ether oxygens (including phenoxy) is 1. The van der Waals surface area contributed by atoms with Gasteiger partial charge >= 0.3 is 0 Å². The highest BCUT2D eigenvalue weighted by Gasteiger charge is 2.06. The van der Waals surface area contributed by atoms with Gasteiger partial charge in [-0.15, -0.1) is 0 Å². The second-order valence-electron chi connectivity index (χ2n) is 5.25. The smallest absolute Gasteiger partial charge is 0.136 e. The summed E-state index contributed by atoms with van der Waals surface area (Å²) in [5, 5.41) is 0. The van der Waals surface area contributed by atoms with Crippen molar-refractivity contribution in [1.29, 1.82) is 0 Å². The highest BCUT2D eigenvalue weighted by molar-refractivity contribution is 5.69. The van der Waals surface area contributed by atoms with E-state index >= 15 is 0 Å². The van der Waals surface area contributed by atoms with Gasteiger partial charge in [0.1, 0.15) is 11.4 Å². The van der Waals surface area contributed by atoms with E-state index in [0.717, 1.165) is 11.4 Å². The lowest BCUT2D eigenvalue weighted by molar-refractivity contribution is 0.242. The standard InChI is InChI=1S/C17H18N2O/c1-12(2)20-15-6-4-14(5-7-15)16-11-19-9-8-18-17(19)10-13(16)3/h4-12H,1-3H3. The number of hydrogen-bond acceptors (Lipinski definition) is 2. The van der Waals surface area contributed by atoms with Crippen molar-refractivity contribution < 1.29 is 4.74 Å². The van der Waals surface area contributed by atoms with Crippen molar-refractivity contribution in [3.8, 4) is 16.9 Å². The van der Waals surface area contributed by atoms with Gasteiger partial charge in [-0.1, -0.05) is 12.1 Å². The molecule has 0 radical (unpaired) electrons.